The molecule has 1 aliphatic heterocycles. The number of carbonyl (C=O) groups excluding carboxylic acids is 3. The van der Waals surface area contributed by atoms with Gasteiger partial charge in [0.25, 0.3) is 11.8 Å². The SMILES string of the molecule is CC(C)Cc1ccc([C@H](C)C(=O)OC[C@@H](c2ccccc2)N2C(=O)c3ccc4c5cccc6cccc(c7ccc(c3c47)C2=O)c65)cc1. The maximum atomic E-state index is 14.5. The molecule has 0 saturated heterocycles. The molecule has 2 amide bonds. The van der Waals surface area contributed by atoms with E-state index in [4.69, 9.17) is 4.74 Å². The Balaban J connectivity index is 1.17. The van der Waals surface area contributed by atoms with Crippen LogP contribution in [0.4, 0.5) is 0 Å². The van der Waals surface area contributed by atoms with Gasteiger partial charge < -0.3 is 4.74 Å². The largest absolute Gasteiger partial charge is 0.463 e. The van der Waals surface area contributed by atoms with Crippen LogP contribution in [0.2, 0.25) is 0 Å². The van der Waals surface area contributed by atoms with E-state index in [2.05, 4.69) is 62.4 Å². The Hall–Kier alpha value is -5.55. The molecule has 2 atom stereocenters. The van der Waals surface area contributed by atoms with Crippen molar-refractivity contribution in [1.29, 1.82) is 0 Å². The van der Waals surface area contributed by atoms with E-state index in [0.29, 0.717) is 28.0 Å². The van der Waals surface area contributed by atoms with Crippen molar-refractivity contribution in [3.8, 4) is 0 Å². The van der Waals surface area contributed by atoms with Crippen molar-refractivity contribution < 1.29 is 19.1 Å². The summed E-state index contributed by atoms with van der Waals surface area (Å²) in [6, 6.07) is 36.9. The number of fused-ring (bicyclic) bond motifs is 2. The number of hydrogen-bond donors (Lipinski definition) is 0. The summed E-state index contributed by atoms with van der Waals surface area (Å²) in [5, 5.41) is 8.16. The van der Waals surface area contributed by atoms with Gasteiger partial charge >= 0.3 is 5.97 Å². The topological polar surface area (TPSA) is 63.7 Å². The molecule has 0 unspecified atom stereocenters. The van der Waals surface area contributed by atoms with E-state index in [1.54, 1.807) is 0 Å². The predicted molar refractivity (Wildman–Crippen MR) is 192 cm³/mol. The molecule has 1 aliphatic rings. The fourth-order valence-electron chi connectivity index (χ4n) is 7.56. The summed E-state index contributed by atoms with van der Waals surface area (Å²) in [5.41, 5.74) is 3.74. The van der Waals surface area contributed by atoms with E-state index in [1.807, 2.05) is 73.7 Å². The number of nitrogens with zero attached hydrogens (tertiary/aromatic N) is 1. The smallest absolute Gasteiger partial charge is 0.313 e. The molecule has 0 bridgehead atoms. The van der Waals surface area contributed by atoms with E-state index in [9.17, 15) is 14.4 Å². The van der Waals surface area contributed by atoms with Crippen molar-refractivity contribution in [2.45, 2.75) is 39.2 Å². The van der Waals surface area contributed by atoms with Gasteiger partial charge in [-0.05, 0) is 85.8 Å². The average molecular weight is 630 g/mol. The van der Waals surface area contributed by atoms with E-state index >= 15 is 0 Å². The minimum absolute atomic E-state index is 0.153. The summed E-state index contributed by atoms with van der Waals surface area (Å²) in [6.45, 7) is 6.03. The first-order valence-electron chi connectivity index (χ1n) is 16.6. The number of carbonyl (C=O) groups is 3. The summed E-state index contributed by atoms with van der Waals surface area (Å²) in [4.78, 5) is 43.6. The number of esters is 1. The van der Waals surface area contributed by atoms with Crippen molar-refractivity contribution >= 4 is 60.9 Å². The molecule has 7 aromatic carbocycles. The van der Waals surface area contributed by atoms with Gasteiger partial charge in [0.15, 0.2) is 0 Å². The quantitative estimate of drug-likeness (QED) is 0.0727. The molecule has 7 aromatic rings. The Labute approximate surface area is 279 Å². The van der Waals surface area contributed by atoms with Crippen LogP contribution in [-0.4, -0.2) is 29.3 Å². The van der Waals surface area contributed by atoms with E-state index in [1.165, 1.54) is 15.8 Å². The van der Waals surface area contributed by atoms with Crippen LogP contribution in [0.15, 0.2) is 115 Å². The summed E-state index contributed by atoms with van der Waals surface area (Å²) < 4.78 is 5.93. The van der Waals surface area contributed by atoms with E-state index in [0.717, 1.165) is 44.3 Å². The number of imide groups is 1. The van der Waals surface area contributed by atoms with Crippen LogP contribution >= 0.6 is 0 Å². The Morgan fingerprint density at radius 3 is 1.77 bits per heavy atom. The number of hydrogen-bond acceptors (Lipinski definition) is 4. The lowest BCUT2D eigenvalue weighted by Gasteiger charge is -2.34. The maximum Gasteiger partial charge on any atom is 0.313 e. The second-order valence-corrected chi connectivity index (χ2v) is 13.4. The van der Waals surface area contributed by atoms with Crippen molar-refractivity contribution in [3.63, 3.8) is 0 Å². The Morgan fingerprint density at radius 2 is 1.19 bits per heavy atom. The van der Waals surface area contributed by atoms with Gasteiger partial charge in [-0.1, -0.05) is 117 Å². The van der Waals surface area contributed by atoms with Gasteiger partial charge in [0.1, 0.15) is 6.61 Å². The summed E-state index contributed by atoms with van der Waals surface area (Å²) in [6.07, 6.45) is 0.971. The minimum Gasteiger partial charge on any atom is -0.463 e. The van der Waals surface area contributed by atoms with Gasteiger partial charge in [0.05, 0.1) is 12.0 Å². The lowest BCUT2D eigenvalue weighted by Crippen LogP contribution is -2.44. The highest BCUT2D eigenvalue weighted by Gasteiger charge is 2.39. The number of benzene rings is 7. The molecule has 236 valence electrons. The zero-order chi connectivity index (χ0) is 33.1. The second kappa shape index (κ2) is 11.6. The van der Waals surface area contributed by atoms with Crippen LogP contribution < -0.4 is 0 Å². The lowest BCUT2D eigenvalue weighted by molar-refractivity contribution is -0.146. The van der Waals surface area contributed by atoms with Crippen LogP contribution in [0, 0.1) is 5.92 Å². The molecule has 48 heavy (non-hydrogen) atoms. The fraction of sp³-hybridized carbons (Fsp3) is 0.186. The Kier molecular flexibility index (Phi) is 7.21. The molecule has 1 heterocycles. The van der Waals surface area contributed by atoms with Crippen molar-refractivity contribution in [3.05, 3.63) is 143 Å². The molecule has 5 heteroatoms. The van der Waals surface area contributed by atoms with Crippen molar-refractivity contribution in [2.75, 3.05) is 6.61 Å². The van der Waals surface area contributed by atoms with Crippen molar-refractivity contribution in [2.24, 2.45) is 5.92 Å². The predicted octanol–water partition coefficient (Wildman–Crippen LogP) is 9.62. The van der Waals surface area contributed by atoms with Crippen LogP contribution in [-0.2, 0) is 16.0 Å². The highest BCUT2D eigenvalue weighted by atomic mass is 16.5. The van der Waals surface area contributed by atoms with Gasteiger partial charge in [0.2, 0.25) is 0 Å². The molecular weight excluding hydrogens is 594 g/mol. The third-order valence-corrected chi connectivity index (χ3v) is 9.90. The maximum absolute atomic E-state index is 14.5. The highest BCUT2D eigenvalue weighted by molar-refractivity contribution is 6.38. The zero-order valence-electron chi connectivity index (χ0n) is 27.2. The molecule has 0 fully saturated rings. The van der Waals surface area contributed by atoms with Gasteiger partial charge in [-0.3, -0.25) is 19.3 Å². The molecular formula is C43H35NO4. The minimum atomic E-state index is -0.805. The van der Waals surface area contributed by atoms with Crippen LogP contribution in [0.5, 0.6) is 0 Å². The summed E-state index contributed by atoms with van der Waals surface area (Å²) in [7, 11) is 0. The lowest BCUT2D eigenvalue weighted by atomic mass is 9.84. The highest BCUT2D eigenvalue weighted by Crippen LogP contribution is 2.44. The van der Waals surface area contributed by atoms with E-state index < -0.39 is 29.7 Å². The van der Waals surface area contributed by atoms with Crippen LogP contribution in [0.25, 0.3) is 43.1 Å². The molecule has 0 N–H and O–H groups in total. The average Bonchev–Trinajstić information content (AvgIpc) is 3.11. The van der Waals surface area contributed by atoms with Gasteiger partial charge in [-0.15, -0.1) is 0 Å². The van der Waals surface area contributed by atoms with Crippen LogP contribution in [0.3, 0.4) is 0 Å². The first-order chi connectivity index (χ1) is 23.3. The summed E-state index contributed by atoms with van der Waals surface area (Å²) >= 11 is 0. The molecule has 8 rings (SSSR count). The van der Waals surface area contributed by atoms with Crippen molar-refractivity contribution in [1.82, 2.24) is 4.90 Å². The number of rotatable bonds is 8. The standard InChI is InChI=1S/C43H35NO4/c1-25(2)23-27-15-17-28(18-16-27)26(3)43(47)48-24-37(29-9-5-4-6-10-29)44-41(45)35-21-19-33-31-13-7-11-30-12-8-14-32(38(30)31)34-20-22-36(42(44)46)40(35)39(33)34/h4-22,25-26,37H,23-24H2,1-3H3/t26-,37-/m0/s1. The van der Waals surface area contributed by atoms with Gasteiger partial charge in [-0.25, -0.2) is 0 Å². The van der Waals surface area contributed by atoms with E-state index in [-0.39, 0.29) is 6.61 Å². The molecule has 0 aromatic heterocycles. The fourth-order valence-corrected chi connectivity index (χ4v) is 7.56. The number of amides is 2. The Bertz CT molecular complexity index is 2280. The monoisotopic (exact) mass is 629 g/mol. The van der Waals surface area contributed by atoms with Gasteiger partial charge in [0, 0.05) is 16.5 Å². The zero-order valence-corrected chi connectivity index (χ0v) is 27.2. The first-order valence-corrected chi connectivity index (χ1v) is 16.6. The normalized spacial score (nSPS) is 14.5. The molecule has 0 aliphatic carbocycles. The molecule has 5 nitrogen and oxygen atoms in total. The first kappa shape index (κ1) is 29.8. The van der Waals surface area contributed by atoms with Gasteiger partial charge in [-0.2, -0.15) is 0 Å². The van der Waals surface area contributed by atoms with Crippen LogP contribution in [0.1, 0.15) is 70.1 Å². The summed E-state index contributed by atoms with van der Waals surface area (Å²) in [5.74, 6) is -1.17. The Morgan fingerprint density at radius 1 is 0.604 bits per heavy atom. The third-order valence-electron chi connectivity index (χ3n) is 9.90. The third kappa shape index (κ3) is 4.72. The molecule has 0 saturated carbocycles. The molecule has 0 radical (unpaired) electrons. The number of ether oxygens (including phenoxy) is 1. The molecule has 0 spiro atoms. The second-order valence-electron chi connectivity index (χ2n) is 13.4.